The van der Waals surface area contributed by atoms with Gasteiger partial charge in [0.1, 0.15) is 11.5 Å². The van der Waals surface area contributed by atoms with Crippen LogP contribution < -0.4 is 5.32 Å². The first kappa shape index (κ1) is 19.2. The molecule has 0 unspecified atom stereocenters. The molecule has 0 radical (unpaired) electrons. The number of nitrogens with one attached hydrogen (secondary N) is 1. The molecule has 140 valence electrons. The summed E-state index contributed by atoms with van der Waals surface area (Å²) >= 11 is 1.71. The Balaban J connectivity index is 1.59. The SMILES string of the molecule is Cc1nn(-c2ccccc2F)c(C)c1CC(=O)NCCSc1ccccc1. The highest BCUT2D eigenvalue weighted by molar-refractivity contribution is 7.99. The Morgan fingerprint density at radius 1 is 1.11 bits per heavy atom. The average molecular weight is 383 g/mol. The van der Waals surface area contributed by atoms with E-state index in [2.05, 4.69) is 22.5 Å². The second-order valence-corrected chi connectivity index (χ2v) is 7.37. The summed E-state index contributed by atoms with van der Waals surface area (Å²) in [6.07, 6.45) is 0.238. The highest BCUT2D eigenvalue weighted by atomic mass is 32.2. The first-order valence-corrected chi connectivity index (χ1v) is 9.79. The molecule has 1 aromatic heterocycles. The predicted molar refractivity (Wildman–Crippen MR) is 107 cm³/mol. The van der Waals surface area contributed by atoms with Gasteiger partial charge in [0, 0.05) is 28.5 Å². The van der Waals surface area contributed by atoms with Crippen molar-refractivity contribution < 1.29 is 9.18 Å². The van der Waals surface area contributed by atoms with Crippen molar-refractivity contribution in [3.8, 4) is 5.69 Å². The van der Waals surface area contributed by atoms with E-state index >= 15 is 0 Å². The van der Waals surface area contributed by atoms with Crippen molar-refractivity contribution in [2.75, 3.05) is 12.3 Å². The molecule has 0 saturated carbocycles. The molecule has 1 heterocycles. The van der Waals surface area contributed by atoms with Gasteiger partial charge in [-0.15, -0.1) is 11.8 Å². The van der Waals surface area contributed by atoms with Crippen molar-refractivity contribution in [3.63, 3.8) is 0 Å². The summed E-state index contributed by atoms with van der Waals surface area (Å²) in [5.74, 6) is 0.419. The van der Waals surface area contributed by atoms with Crippen LogP contribution in [-0.4, -0.2) is 28.0 Å². The number of rotatable bonds is 7. The molecule has 0 fully saturated rings. The molecule has 3 rings (SSSR count). The number of hydrogen-bond donors (Lipinski definition) is 1. The first-order valence-electron chi connectivity index (χ1n) is 8.81. The number of aromatic nitrogens is 2. The maximum Gasteiger partial charge on any atom is 0.224 e. The van der Waals surface area contributed by atoms with Crippen molar-refractivity contribution in [1.82, 2.24) is 15.1 Å². The van der Waals surface area contributed by atoms with Gasteiger partial charge >= 0.3 is 0 Å². The van der Waals surface area contributed by atoms with Gasteiger partial charge in [-0.25, -0.2) is 9.07 Å². The molecule has 1 N–H and O–H groups in total. The summed E-state index contributed by atoms with van der Waals surface area (Å²) < 4.78 is 15.6. The normalized spacial score (nSPS) is 10.8. The van der Waals surface area contributed by atoms with Crippen molar-refractivity contribution in [3.05, 3.63) is 77.4 Å². The number of para-hydroxylation sites is 1. The van der Waals surface area contributed by atoms with Crippen molar-refractivity contribution in [2.45, 2.75) is 25.2 Å². The molecule has 0 spiro atoms. The van der Waals surface area contributed by atoms with Crippen molar-refractivity contribution >= 4 is 17.7 Å². The van der Waals surface area contributed by atoms with Crippen LogP contribution in [0.4, 0.5) is 4.39 Å². The summed E-state index contributed by atoms with van der Waals surface area (Å²) in [5.41, 5.74) is 2.76. The van der Waals surface area contributed by atoms with E-state index in [1.54, 1.807) is 34.6 Å². The van der Waals surface area contributed by atoms with E-state index < -0.39 is 0 Å². The van der Waals surface area contributed by atoms with Gasteiger partial charge in [-0.2, -0.15) is 5.10 Å². The van der Waals surface area contributed by atoms with E-state index in [9.17, 15) is 9.18 Å². The molecular formula is C21H22FN3OS. The lowest BCUT2D eigenvalue weighted by molar-refractivity contribution is -0.120. The van der Waals surface area contributed by atoms with Crippen LogP contribution in [-0.2, 0) is 11.2 Å². The number of thioether (sulfide) groups is 1. The molecule has 0 saturated heterocycles. The minimum atomic E-state index is -0.336. The smallest absolute Gasteiger partial charge is 0.224 e. The van der Waals surface area contributed by atoms with E-state index in [1.807, 2.05) is 32.0 Å². The summed E-state index contributed by atoms with van der Waals surface area (Å²) in [5, 5.41) is 7.37. The third-order valence-corrected chi connectivity index (χ3v) is 5.31. The van der Waals surface area contributed by atoms with Crippen LogP contribution in [0.1, 0.15) is 17.0 Å². The molecule has 0 aliphatic heterocycles. The predicted octanol–water partition coefficient (Wildman–Crippen LogP) is 4.08. The van der Waals surface area contributed by atoms with Crippen molar-refractivity contribution in [2.24, 2.45) is 0 Å². The molecule has 4 nitrogen and oxygen atoms in total. The molecule has 0 atom stereocenters. The van der Waals surface area contributed by atoms with Gasteiger partial charge in [-0.3, -0.25) is 4.79 Å². The van der Waals surface area contributed by atoms with Crippen LogP contribution in [0.3, 0.4) is 0 Å². The fourth-order valence-corrected chi connectivity index (χ4v) is 3.68. The number of aryl methyl sites for hydroxylation is 1. The molecule has 6 heteroatoms. The highest BCUT2D eigenvalue weighted by Crippen LogP contribution is 2.20. The number of carbonyl (C=O) groups excluding carboxylic acids is 1. The molecule has 0 aliphatic carbocycles. The van der Waals surface area contributed by atoms with Gasteiger partial charge in [0.15, 0.2) is 0 Å². The third-order valence-electron chi connectivity index (χ3n) is 4.30. The zero-order valence-electron chi connectivity index (χ0n) is 15.4. The van der Waals surface area contributed by atoms with Gasteiger partial charge in [0.2, 0.25) is 5.91 Å². The zero-order chi connectivity index (χ0) is 19.2. The van der Waals surface area contributed by atoms with E-state index in [1.165, 1.54) is 11.0 Å². The Bertz CT molecular complexity index is 924. The molecule has 2 aromatic carbocycles. The molecule has 0 bridgehead atoms. The number of carbonyl (C=O) groups is 1. The molecule has 27 heavy (non-hydrogen) atoms. The average Bonchev–Trinajstić information content (AvgIpc) is 2.94. The summed E-state index contributed by atoms with van der Waals surface area (Å²) in [6, 6.07) is 16.6. The van der Waals surface area contributed by atoms with E-state index in [0.717, 1.165) is 22.7 Å². The number of nitrogens with zero attached hydrogens (tertiary/aromatic N) is 2. The van der Waals surface area contributed by atoms with Crippen LogP contribution in [0.2, 0.25) is 0 Å². The third kappa shape index (κ3) is 4.77. The van der Waals surface area contributed by atoms with Crippen LogP contribution in [0.15, 0.2) is 59.5 Å². The fourth-order valence-electron chi connectivity index (χ4n) is 2.89. The monoisotopic (exact) mass is 383 g/mol. The maximum atomic E-state index is 14.1. The van der Waals surface area contributed by atoms with Crippen LogP contribution in [0.25, 0.3) is 5.69 Å². The van der Waals surface area contributed by atoms with Crippen LogP contribution in [0.5, 0.6) is 0 Å². The Labute approximate surface area is 162 Å². The molecular weight excluding hydrogens is 361 g/mol. The quantitative estimate of drug-likeness (QED) is 0.494. The molecule has 0 aliphatic rings. The molecule has 1 amide bonds. The lowest BCUT2D eigenvalue weighted by Gasteiger charge is -2.07. The van der Waals surface area contributed by atoms with Gasteiger partial charge in [-0.1, -0.05) is 30.3 Å². The minimum absolute atomic E-state index is 0.0528. The van der Waals surface area contributed by atoms with Gasteiger partial charge in [0.25, 0.3) is 0 Å². The number of benzene rings is 2. The van der Waals surface area contributed by atoms with Crippen LogP contribution >= 0.6 is 11.8 Å². The first-order chi connectivity index (χ1) is 13.1. The topological polar surface area (TPSA) is 46.9 Å². The van der Waals surface area contributed by atoms with Gasteiger partial charge in [-0.05, 0) is 38.1 Å². The Kier molecular flexibility index (Phi) is 6.29. The van der Waals surface area contributed by atoms with Gasteiger partial charge in [0.05, 0.1) is 12.1 Å². The molecule has 3 aromatic rings. The second-order valence-electron chi connectivity index (χ2n) is 6.20. The maximum absolute atomic E-state index is 14.1. The summed E-state index contributed by atoms with van der Waals surface area (Å²) in [6.45, 7) is 4.30. The minimum Gasteiger partial charge on any atom is -0.355 e. The number of halogens is 1. The fraction of sp³-hybridized carbons (Fsp3) is 0.238. The van der Waals surface area contributed by atoms with E-state index in [-0.39, 0.29) is 18.1 Å². The van der Waals surface area contributed by atoms with E-state index in [0.29, 0.717) is 12.2 Å². The van der Waals surface area contributed by atoms with Crippen molar-refractivity contribution in [1.29, 1.82) is 0 Å². The Morgan fingerprint density at radius 2 is 1.81 bits per heavy atom. The standard InChI is InChI=1S/C21H22FN3OS/c1-15-18(16(2)25(24-15)20-11-7-6-10-19(20)22)14-21(26)23-12-13-27-17-8-4-3-5-9-17/h3-11H,12-14H2,1-2H3,(H,23,26). The van der Waals surface area contributed by atoms with E-state index in [4.69, 9.17) is 0 Å². The lowest BCUT2D eigenvalue weighted by atomic mass is 10.1. The zero-order valence-corrected chi connectivity index (χ0v) is 16.2. The largest absolute Gasteiger partial charge is 0.355 e. The Hall–Kier alpha value is -2.60. The lowest BCUT2D eigenvalue weighted by Crippen LogP contribution is -2.27. The van der Waals surface area contributed by atoms with Crippen LogP contribution in [0, 0.1) is 19.7 Å². The number of amides is 1. The summed E-state index contributed by atoms with van der Waals surface area (Å²) in [7, 11) is 0. The summed E-state index contributed by atoms with van der Waals surface area (Å²) in [4.78, 5) is 13.5. The Morgan fingerprint density at radius 3 is 2.56 bits per heavy atom. The second kappa shape index (κ2) is 8.86. The highest BCUT2D eigenvalue weighted by Gasteiger charge is 2.17. The van der Waals surface area contributed by atoms with Gasteiger partial charge < -0.3 is 5.32 Å². The number of hydrogen-bond acceptors (Lipinski definition) is 3.